The summed E-state index contributed by atoms with van der Waals surface area (Å²) in [6.45, 7) is 0. The van der Waals surface area contributed by atoms with Gasteiger partial charge in [-0.2, -0.15) is 0 Å². The maximum absolute atomic E-state index is 12.1. The largest absolute Gasteiger partial charge is 0.481 e. The standard InChI is InChI=1S/C14H16INO3/c15-11-5-2-6-12(8-11)16-13(17)9-3-1-4-10(7-9)14(18)19/h2,5-6,8-10H,1,3-4,7H2,(H,16,17)(H,18,19). The van der Waals surface area contributed by atoms with Crippen molar-refractivity contribution in [2.45, 2.75) is 25.7 Å². The van der Waals surface area contributed by atoms with Crippen LogP contribution in [-0.4, -0.2) is 17.0 Å². The van der Waals surface area contributed by atoms with Crippen LogP contribution < -0.4 is 5.32 Å². The van der Waals surface area contributed by atoms with E-state index in [1.165, 1.54) is 0 Å². The second kappa shape index (κ2) is 6.36. The van der Waals surface area contributed by atoms with Crippen molar-refractivity contribution in [3.63, 3.8) is 0 Å². The SMILES string of the molecule is O=C(O)C1CCCC(C(=O)Nc2cccc(I)c2)C1. The number of nitrogens with one attached hydrogen (secondary N) is 1. The van der Waals surface area contributed by atoms with E-state index in [1.54, 1.807) is 0 Å². The monoisotopic (exact) mass is 373 g/mol. The molecular weight excluding hydrogens is 357 g/mol. The minimum Gasteiger partial charge on any atom is -0.481 e. The highest BCUT2D eigenvalue weighted by Gasteiger charge is 2.30. The molecule has 0 saturated heterocycles. The molecule has 0 spiro atoms. The summed E-state index contributed by atoms with van der Waals surface area (Å²) in [7, 11) is 0. The van der Waals surface area contributed by atoms with Gasteiger partial charge in [0.2, 0.25) is 5.91 Å². The Bertz CT molecular complexity index is 489. The fraction of sp³-hybridized carbons (Fsp3) is 0.429. The predicted octanol–water partition coefficient (Wildman–Crippen LogP) is 3.12. The maximum atomic E-state index is 12.1. The van der Waals surface area contributed by atoms with Crippen LogP contribution >= 0.6 is 22.6 Å². The number of carboxylic acid groups (broad SMARTS) is 1. The molecule has 0 heterocycles. The lowest BCUT2D eigenvalue weighted by Gasteiger charge is -2.25. The first kappa shape index (κ1) is 14.3. The summed E-state index contributed by atoms with van der Waals surface area (Å²) >= 11 is 2.19. The molecule has 2 atom stereocenters. The van der Waals surface area contributed by atoms with Gasteiger partial charge in [-0.3, -0.25) is 9.59 Å². The molecule has 1 saturated carbocycles. The summed E-state index contributed by atoms with van der Waals surface area (Å²) in [5, 5.41) is 11.9. The Morgan fingerprint density at radius 2 is 2.00 bits per heavy atom. The Balaban J connectivity index is 1.98. The number of halogens is 1. The van der Waals surface area contributed by atoms with Gasteiger partial charge in [0, 0.05) is 15.2 Å². The van der Waals surface area contributed by atoms with E-state index in [-0.39, 0.29) is 17.7 Å². The maximum Gasteiger partial charge on any atom is 0.306 e. The van der Waals surface area contributed by atoms with Crippen molar-refractivity contribution in [1.29, 1.82) is 0 Å². The van der Waals surface area contributed by atoms with Crippen molar-refractivity contribution in [3.8, 4) is 0 Å². The molecule has 0 radical (unpaired) electrons. The summed E-state index contributed by atoms with van der Waals surface area (Å²) in [5.74, 6) is -1.41. The van der Waals surface area contributed by atoms with Crippen LogP contribution in [0, 0.1) is 15.4 Å². The molecular formula is C14H16INO3. The summed E-state index contributed by atoms with van der Waals surface area (Å²) in [6.07, 6.45) is 2.72. The van der Waals surface area contributed by atoms with Gasteiger partial charge in [0.25, 0.3) is 0 Å². The summed E-state index contributed by atoms with van der Waals surface area (Å²) in [4.78, 5) is 23.1. The minimum absolute atomic E-state index is 0.0621. The van der Waals surface area contributed by atoms with Crippen LogP contribution in [0.5, 0.6) is 0 Å². The smallest absolute Gasteiger partial charge is 0.306 e. The van der Waals surface area contributed by atoms with Gasteiger partial charge in [-0.25, -0.2) is 0 Å². The normalized spacial score (nSPS) is 22.8. The van der Waals surface area contributed by atoms with Gasteiger partial charge in [-0.15, -0.1) is 0 Å². The molecule has 2 unspecified atom stereocenters. The van der Waals surface area contributed by atoms with Gasteiger partial charge in [0.05, 0.1) is 5.92 Å². The van der Waals surface area contributed by atoms with Gasteiger partial charge in [-0.1, -0.05) is 12.5 Å². The van der Waals surface area contributed by atoms with E-state index >= 15 is 0 Å². The highest BCUT2D eigenvalue weighted by Crippen LogP contribution is 2.30. The van der Waals surface area contributed by atoms with Crippen molar-refractivity contribution < 1.29 is 14.7 Å². The molecule has 2 rings (SSSR count). The summed E-state index contributed by atoms with van der Waals surface area (Å²) in [6, 6.07) is 7.59. The molecule has 0 aliphatic heterocycles. The number of carboxylic acids is 1. The van der Waals surface area contributed by atoms with Crippen LogP contribution in [0.25, 0.3) is 0 Å². The molecule has 2 N–H and O–H groups in total. The summed E-state index contributed by atoms with van der Waals surface area (Å²) in [5.41, 5.74) is 0.773. The Labute approximate surface area is 125 Å². The third-order valence-corrected chi connectivity index (χ3v) is 4.16. The van der Waals surface area contributed by atoms with E-state index in [0.29, 0.717) is 12.8 Å². The number of hydrogen-bond acceptors (Lipinski definition) is 2. The highest BCUT2D eigenvalue weighted by molar-refractivity contribution is 14.1. The molecule has 1 aromatic carbocycles. The molecule has 19 heavy (non-hydrogen) atoms. The number of amides is 1. The highest BCUT2D eigenvalue weighted by atomic mass is 127. The number of benzene rings is 1. The van der Waals surface area contributed by atoms with E-state index in [9.17, 15) is 9.59 Å². The lowest BCUT2D eigenvalue weighted by molar-refractivity contribution is -0.143. The average Bonchev–Trinajstić information content (AvgIpc) is 2.39. The second-order valence-corrected chi connectivity index (χ2v) is 6.14. The number of carbonyl (C=O) groups excluding carboxylic acids is 1. The minimum atomic E-state index is -0.785. The fourth-order valence-corrected chi connectivity index (χ4v) is 3.01. The number of rotatable bonds is 3. The van der Waals surface area contributed by atoms with Gasteiger partial charge in [0.15, 0.2) is 0 Å². The molecule has 4 nitrogen and oxygen atoms in total. The van der Waals surface area contributed by atoms with Crippen LogP contribution in [0.15, 0.2) is 24.3 Å². The first-order chi connectivity index (χ1) is 9.06. The van der Waals surface area contributed by atoms with Crippen LogP contribution in [0.4, 0.5) is 5.69 Å². The Morgan fingerprint density at radius 3 is 2.68 bits per heavy atom. The molecule has 1 aliphatic carbocycles. The van der Waals surface area contributed by atoms with Gasteiger partial charge >= 0.3 is 5.97 Å². The molecule has 102 valence electrons. The Hall–Kier alpha value is -1.11. The van der Waals surface area contributed by atoms with E-state index in [4.69, 9.17) is 5.11 Å². The van der Waals surface area contributed by atoms with Crippen molar-refractivity contribution in [1.82, 2.24) is 0 Å². The zero-order valence-electron chi connectivity index (χ0n) is 10.4. The Kier molecular flexibility index (Phi) is 4.79. The number of hydrogen-bond donors (Lipinski definition) is 2. The number of anilines is 1. The molecule has 0 aromatic heterocycles. The van der Waals surface area contributed by atoms with Crippen molar-refractivity contribution in [3.05, 3.63) is 27.8 Å². The van der Waals surface area contributed by atoms with Crippen molar-refractivity contribution in [2.24, 2.45) is 11.8 Å². The predicted molar refractivity (Wildman–Crippen MR) is 80.9 cm³/mol. The average molecular weight is 373 g/mol. The third-order valence-electron chi connectivity index (χ3n) is 3.49. The van der Waals surface area contributed by atoms with Crippen molar-refractivity contribution >= 4 is 40.2 Å². The molecule has 1 aliphatic rings. The number of aliphatic carboxylic acids is 1. The third kappa shape index (κ3) is 3.92. The van der Waals surface area contributed by atoms with Gasteiger partial charge < -0.3 is 10.4 Å². The zero-order valence-corrected chi connectivity index (χ0v) is 12.6. The molecule has 0 bridgehead atoms. The zero-order chi connectivity index (χ0) is 13.8. The molecule has 5 heteroatoms. The van der Waals surface area contributed by atoms with Gasteiger partial charge in [-0.05, 0) is 60.1 Å². The summed E-state index contributed by atoms with van der Waals surface area (Å²) < 4.78 is 1.06. The second-order valence-electron chi connectivity index (χ2n) is 4.90. The molecule has 1 aromatic rings. The first-order valence-electron chi connectivity index (χ1n) is 6.35. The molecule has 1 amide bonds. The Morgan fingerprint density at radius 1 is 1.26 bits per heavy atom. The fourth-order valence-electron chi connectivity index (χ4n) is 2.46. The first-order valence-corrected chi connectivity index (χ1v) is 7.43. The van der Waals surface area contributed by atoms with Crippen LogP contribution in [0.2, 0.25) is 0 Å². The van der Waals surface area contributed by atoms with E-state index in [1.807, 2.05) is 24.3 Å². The van der Waals surface area contributed by atoms with E-state index in [0.717, 1.165) is 22.1 Å². The number of carbonyl (C=O) groups is 2. The topological polar surface area (TPSA) is 66.4 Å². The van der Waals surface area contributed by atoms with Crippen LogP contribution in [-0.2, 0) is 9.59 Å². The van der Waals surface area contributed by atoms with Crippen LogP contribution in [0.3, 0.4) is 0 Å². The lowest BCUT2D eigenvalue weighted by Crippen LogP contribution is -2.30. The van der Waals surface area contributed by atoms with Crippen LogP contribution in [0.1, 0.15) is 25.7 Å². The quantitative estimate of drug-likeness (QED) is 0.801. The molecule has 1 fully saturated rings. The van der Waals surface area contributed by atoms with E-state index < -0.39 is 5.97 Å². The van der Waals surface area contributed by atoms with E-state index in [2.05, 4.69) is 27.9 Å². The van der Waals surface area contributed by atoms with Gasteiger partial charge in [0.1, 0.15) is 0 Å². The van der Waals surface area contributed by atoms with Crippen molar-refractivity contribution in [2.75, 3.05) is 5.32 Å². The lowest BCUT2D eigenvalue weighted by atomic mass is 9.81.